The van der Waals surface area contributed by atoms with E-state index in [2.05, 4.69) is 0 Å². The van der Waals surface area contributed by atoms with Crippen LogP contribution in [0.5, 0.6) is 0 Å². The molecule has 0 aromatic heterocycles. The summed E-state index contributed by atoms with van der Waals surface area (Å²) < 4.78 is 5.55. The zero-order valence-corrected chi connectivity index (χ0v) is 15.0. The van der Waals surface area contributed by atoms with Crippen LogP contribution in [0.4, 0.5) is 4.79 Å². The van der Waals surface area contributed by atoms with Crippen LogP contribution < -0.4 is 0 Å². The summed E-state index contributed by atoms with van der Waals surface area (Å²) in [5.74, 6) is 0.236. The number of benzene rings is 1. The minimum Gasteiger partial charge on any atom is -0.444 e. The van der Waals surface area contributed by atoms with Crippen LogP contribution in [0.15, 0.2) is 24.3 Å². The monoisotopic (exact) mass is 329 g/mol. The third-order valence-electron chi connectivity index (χ3n) is 5.04. The molecule has 0 N–H and O–H groups in total. The molecule has 2 fully saturated rings. The number of ketones is 1. The van der Waals surface area contributed by atoms with Crippen molar-refractivity contribution in [3.05, 3.63) is 35.4 Å². The number of piperidine rings is 1. The van der Waals surface area contributed by atoms with Crippen LogP contribution in [0.1, 0.15) is 62.4 Å². The van der Waals surface area contributed by atoms with Crippen molar-refractivity contribution in [2.75, 3.05) is 0 Å². The van der Waals surface area contributed by atoms with Gasteiger partial charge in [-0.05, 0) is 53.4 Å². The first kappa shape index (κ1) is 17.0. The van der Waals surface area contributed by atoms with E-state index in [1.54, 1.807) is 0 Å². The van der Waals surface area contributed by atoms with Gasteiger partial charge >= 0.3 is 6.09 Å². The van der Waals surface area contributed by atoms with Gasteiger partial charge in [0.05, 0.1) is 0 Å². The summed E-state index contributed by atoms with van der Waals surface area (Å²) in [4.78, 5) is 27.2. The first-order chi connectivity index (χ1) is 11.2. The van der Waals surface area contributed by atoms with Gasteiger partial charge in [0.25, 0.3) is 0 Å². The molecule has 1 aromatic carbocycles. The van der Waals surface area contributed by atoms with Crippen LogP contribution in [-0.4, -0.2) is 34.5 Å². The Kier molecular flexibility index (Phi) is 4.41. The Morgan fingerprint density at radius 2 is 1.58 bits per heavy atom. The van der Waals surface area contributed by atoms with Crippen LogP contribution in [0, 0.1) is 12.8 Å². The summed E-state index contributed by atoms with van der Waals surface area (Å²) in [5.41, 5.74) is 1.47. The lowest BCUT2D eigenvalue weighted by Gasteiger charge is -2.39. The molecular weight excluding hydrogens is 302 g/mol. The number of fused-ring (bicyclic) bond motifs is 2. The van der Waals surface area contributed by atoms with Crippen molar-refractivity contribution < 1.29 is 14.3 Å². The molecular formula is C20H27NO3. The molecule has 2 aliphatic heterocycles. The molecule has 3 rings (SSSR count). The van der Waals surface area contributed by atoms with Gasteiger partial charge in [-0.15, -0.1) is 0 Å². The Hall–Kier alpha value is -1.84. The predicted octanol–water partition coefficient (Wildman–Crippen LogP) is 4.36. The molecule has 130 valence electrons. The topological polar surface area (TPSA) is 46.6 Å². The summed E-state index contributed by atoms with van der Waals surface area (Å²) in [6, 6.07) is 8.07. The maximum absolute atomic E-state index is 12.8. The van der Waals surface area contributed by atoms with Crippen molar-refractivity contribution >= 4 is 11.9 Å². The molecule has 4 nitrogen and oxygen atoms in total. The lowest BCUT2D eigenvalue weighted by atomic mass is 9.85. The molecule has 0 spiro atoms. The molecule has 2 unspecified atom stereocenters. The smallest absolute Gasteiger partial charge is 0.410 e. The Morgan fingerprint density at radius 1 is 1.04 bits per heavy atom. The van der Waals surface area contributed by atoms with Crippen molar-refractivity contribution in [2.45, 2.75) is 71.1 Å². The van der Waals surface area contributed by atoms with Gasteiger partial charge in [-0.3, -0.25) is 4.79 Å². The third kappa shape index (κ3) is 3.47. The van der Waals surface area contributed by atoms with E-state index in [-0.39, 0.29) is 29.9 Å². The van der Waals surface area contributed by atoms with E-state index < -0.39 is 5.60 Å². The predicted molar refractivity (Wildman–Crippen MR) is 93.1 cm³/mol. The van der Waals surface area contributed by atoms with Crippen molar-refractivity contribution in [1.29, 1.82) is 0 Å². The number of carbonyl (C=O) groups is 2. The van der Waals surface area contributed by atoms with Crippen LogP contribution in [0.25, 0.3) is 0 Å². The highest BCUT2D eigenvalue weighted by Crippen LogP contribution is 2.40. The third-order valence-corrected chi connectivity index (χ3v) is 5.04. The summed E-state index contributed by atoms with van der Waals surface area (Å²) in [6.45, 7) is 7.69. The molecule has 0 aliphatic carbocycles. The summed E-state index contributed by atoms with van der Waals surface area (Å²) >= 11 is 0. The van der Waals surface area contributed by atoms with E-state index in [0.717, 1.165) is 36.8 Å². The average Bonchev–Trinajstić information content (AvgIpc) is 2.76. The SMILES string of the molecule is Cc1ccc(C(=O)C2CC3CCC(C2)N3C(=O)OC(C)(C)C)cc1. The molecule has 0 saturated carbocycles. The number of rotatable bonds is 2. The molecule has 24 heavy (non-hydrogen) atoms. The van der Waals surface area contributed by atoms with Crippen LogP contribution in [0.3, 0.4) is 0 Å². The number of ether oxygens (including phenoxy) is 1. The fourth-order valence-electron chi connectivity index (χ4n) is 3.96. The van der Waals surface area contributed by atoms with E-state index in [9.17, 15) is 9.59 Å². The highest BCUT2D eigenvalue weighted by Gasteiger charge is 2.46. The normalized spacial score (nSPS) is 26.3. The fraction of sp³-hybridized carbons (Fsp3) is 0.600. The van der Waals surface area contributed by atoms with Gasteiger partial charge < -0.3 is 9.64 Å². The molecule has 1 aromatic rings. The van der Waals surface area contributed by atoms with E-state index in [0.29, 0.717) is 0 Å². The molecule has 2 aliphatic rings. The standard InChI is InChI=1S/C20H27NO3/c1-13-5-7-14(8-6-13)18(22)15-11-16-9-10-17(12-15)21(16)19(23)24-20(2,3)4/h5-8,15-17H,9-12H2,1-4H3. The minimum atomic E-state index is -0.481. The minimum absolute atomic E-state index is 0.0175. The van der Waals surface area contributed by atoms with Gasteiger partial charge in [-0.2, -0.15) is 0 Å². The fourth-order valence-corrected chi connectivity index (χ4v) is 3.96. The molecule has 4 heteroatoms. The van der Waals surface area contributed by atoms with Crippen molar-refractivity contribution in [3.63, 3.8) is 0 Å². The average molecular weight is 329 g/mol. The second-order valence-electron chi connectivity index (χ2n) is 8.17. The first-order valence-electron chi connectivity index (χ1n) is 8.87. The highest BCUT2D eigenvalue weighted by atomic mass is 16.6. The Labute approximate surface area is 144 Å². The summed E-state index contributed by atoms with van der Waals surface area (Å²) in [7, 11) is 0. The van der Waals surface area contributed by atoms with E-state index >= 15 is 0 Å². The van der Waals surface area contributed by atoms with Gasteiger partial charge in [0, 0.05) is 23.6 Å². The Balaban J connectivity index is 1.70. The number of carbonyl (C=O) groups excluding carboxylic acids is 2. The second kappa shape index (κ2) is 6.23. The zero-order chi connectivity index (χ0) is 17.5. The van der Waals surface area contributed by atoms with Crippen LogP contribution >= 0.6 is 0 Å². The first-order valence-corrected chi connectivity index (χ1v) is 8.87. The van der Waals surface area contributed by atoms with Crippen LogP contribution in [0.2, 0.25) is 0 Å². The number of amides is 1. The van der Waals surface area contributed by atoms with Gasteiger partial charge in [-0.25, -0.2) is 4.79 Å². The maximum atomic E-state index is 12.8. The Bertz CT molecular complexity index is 615. The van der Waals surface area contributed by atoms with Crippen molar-refractivity contribution in [3.8, 4) is 0 Å². The number of Topliss-reactive ketones (excluding diaryl/α,β-unsaturated/α-hetero) is 1. The molecule has 2 bridgehead atoms. The van der Waals surface area contributed by atoms with Gasteiger partial charge in [0.1, 0.15) is 5.60 Å². The van der Waals surface area contributed by atoms with Crippen molar-refractivity contribution in [2.24, 2.45) is 5.92 Å². The second-order valence-corrected chi connectivity index (χ2v) is 8.17. The lowest BCUT2D eigenvalue weighted by molar-refractivity contribution is 0.00254. The van der Waals surface area contributed by atoms with Gasteiger partial charge in [-0.1, -0.05) is 29.8 Å². The lowest BCUT2D eigenvalue weighted by Crippen LogP contribution is -2.49. The number of hydrogen-bond acceptors (Lipinski definition) is 3. The number of aryl methyl sites for hydroxylation is 1. The van der Waals surface area contributed by atoms with Gasteiger partial charge in [0.15, 0.2) is 5.78 Å². The molecule has 1 amide bonds. The van der Waals surface area contributed by atoms with E-state index in [1.165, 1.54) is 0 Å². The quantitative estimate of drug-likeness (QED) is 0.758. The summed E-state index contributed by atoms with van der Waals surface area (Å²) in [6.07, 6.45) is 3.23. The molecule has 2 saturated heterocycles. The highest BCUT2D eigenvalue weighted by molar-refractivity contribution is 5.98. The van der Waals surface area contributed by atoms with Crippen LogP contribution in [-0.2, 0) is 4.74 Å². The van der Waals surface area contributed by atoms with Gasteiger partial charge in [0.2, 0.25) is 0 Å². The number of hydrogen-bond donors (Lipinski definition) is 0. The van der Waals surface area contributed by atoms with E-state index in [1.807, 2.05) is 56.9 Å². The molecule has 2 heterocycles. The molecule has 0 radical (unpaired) electrons. The maximum Gasteiger partial charge on any atom is 0.410 e. The summed E-state index contributed by atoms with van der Waals surface area (Å²) in [5, 5.41) is 0. The Morgan fingerprint density at radius 3 is 2.08 bits per heavy atom. The van der Waals surface area contributed by atoms with Crippen molar-refractivity contribution in [1.82, 2.24) is 4.90 Å². The molecule has 2 atom stereocenters. The largest absolute Gasteiger partial charge is 0.444 e. The number of nitrogens with zero attached hydrogens (tertiary/aromatic N) is 1. The zero-order valence-electron chi connectivity index (χ0n) is 15.0. The van der Waals surface area contributed by atoms with E-state index in [4.69, 9.17) is 4.74 Å².